The lowest BCUT2D eigenvalue weighted by Gasteiger charge is -2.33. The van der Waals surface area contributed by atoms with Gasteiger partial charge in [0.15, 0.2) is 0 Å². The fourth-order valence-electron chi connectivity index (χ4n) is 5.27. The highest BCUT2D eigenvalue weighted by atomic mass is 16.5. The number of nitrogens with zero attached hydrogens (tertiary/aromatic N) is 3. The number of hydrogen-bond donors (Lipinski definition) is 1. The molecule has 1 N–H and O–H groups in total. The molecule has 0 aromatic carbocycles. The number of likely N-dealkylation sites (tertiary alicyclic amines) is 1. The van der Waals surface area contributed by atoms with Crippen LogP contribution in [0.25, 0.3) is 0 Å². The topological polar surface area (TPSA) is 65.1 Å². The van der Waals surface area contributed by atoms with Crippen molar-refractivity contribution in [2.45, 2.75) is 64.0 Å². The molecule has 0 radical (unpaired) electrons. The molecule has 0 aromatic heterocycles. The molecule has 29 heavy (non-hydrogen) atoms. The van der Waals surface area contributed by atoms with Gasteiger partial charge in [-0.05, 0) is 38.1 Å². The Hall–Kier alpha value is -1.18. The SMILES string of the molecule is COCCN(CC1CCCCC1)C1CC(C(=O)N2CCCNCC2)N(C(C)=O)C1. The van der Waals surface area contributed by atoms with Gasteiger partial charge >= 0.3 is 0 Å². The van der Waals surface area contributed by atoms with Gasteiger partial charge in [0.2, 0.25) is 11.8 Å². The molecule has 3 rings (SSSR count). The fourth-order valence-corrected chi connectivity index (χ4v) is 5.27. The highest BCUT2D eigenvalue weighted by Gasteiger charge is 2.42. The smallest absolute Gasteiger partial charge is 0.245 e. The summed E-state index contributed by atoms with van der Waals surface area (Å²) in [4.78, 5) is 32.0. The van der Waals surface area contributed by atoms with Gasteiger partial charge in [0.05, 0.1) is 6.61 Å². The molecule has 2 amide bonds. The van der Waals surface area contributed by atoms with Gasteiger partial charge in [0.25, 0.3) is 0 Å². The third-order valence-corrected chi connectivity index (χ3v) is 6.94. The first-order valence-corrected chi connectivity index (χ1v) is 11.6. The lowest BCUT2D eigenvalue weighted by atomic mass is 9.88. The molecule has 7 heteroatoms. The Labute approximate surface area is 176 Å². The first-order chi connectivity index (χ1) is 14.1. The van der Waals surface area contributed by atoms with Crippen molar-refractivity contribution < 1.29 is 14.3 Å². The Kier molecular flexibility index (Phi) is 8.75. The second kappa shape index (κ2) is 11.3. The van der Waals surface area contributed by atoms with Crippen molar-refractivity contribution in [3.05, 3.63) is 0 Å². The molecular formula is C22H40N4O3. The minimum atomic E-state index is -0.313. The third-order valence-electron chi connectivity index (χ3n) is 6.94. The summed E-state index contributed by atoms with van der Waals surface area (Å²) >= 11 is 0. The van der Waals surface area contributed by atoms with Crippen LogP contribution in [0.15, 0.2) is 0 Å². The maximum absolute atomic E-state index is 13.3. The molecule has 1 aliphatic carbocycles. The molecule has 7 nitrogen and oxygen atoms in total. The maximum atomic E-state index is 13.3. The van der Waals surface area contributed by atoms with Crippen LogP contribution in [0.5, 0.6) is 0 Å². The van der Waals surface area contributed by atoms with E-state index in [9.17, 15) is 9.59 Å². The average Bonchev–Trinajstić information content (AvgIpc) is 3.00. The van der Waals surface area contributed by atoms with Crippen LogP contribution >= 0.6 is 0 Å². The molecule has 166 valence electrons. The lowest BCUT2D eigenvalue weighted by Crippen LogP contribution is -2.48. The van der Waals surface area contributed by atoms with Gasteiger partial charge in [-0.3, -0.25) is 14.5 Å². The molecule has 3 fully saturated rings. The molecule has 2 saturated heterocycles. The monoisotopic (exact) mass is 408 g/mol. The molecular weight excluding hydrogens is 368 g/mol. The maximum Gasteiger partial charge on any atom is 0.245 e. The number of ether oxygens (including phenoxy) is 1. The number of carbonyl (C=O) groups excluding carboxylic acids is 2. The van der Waals surface area contributed by atoms with Crippen LogP contribution < -0.4 is 5.32 Å². The number of hydrogen-bond acceptors (Lipinski definition) is 5. The van der Waals surface area contributed by atoms with Crippen molar-refractivity contribution in [1.82, 2.24) is 20.0 Å². The number of carbonyl (C=O) groups is 2. The first-order valence-electron chi connectivity index (χ1n) is 11.6. The summed E-state index contributed by atoms with van der Waals surface area (Å²) < 4.78 is 5.37. The normalized spacial score (nSPS) is 26.7. The number of rotatable bonds is 7. The Morgan fingerprint density at radius 2 is 1.90 bits per heavy atom. The van der Waals surface area contributed by atoms with Crippen molar-refractivity contribution in [2.24, 2.45) is 5.92 Å². The summed E-state index contributed by atoms with van der Waals surface area (Å²) in [5.74, 6) is 0.886. The zero-order chi connectivity index (χ0) is 20.6. The van der Waals surface area contributed by atoms with E-state index in [1.807, 2.05) is 9.80 Å². The fraction of sp³-hybridized carbons (Fsp3) is 0.909. The van der Waals surface area contributed by atoms with Gasteiger partial charge < -0.3 is 19.9 Å². The molecule has 2 unspecified atom stereocenters. The van der Waals surface area contributed by atoms with Gasteiger partial charge in [-0.2, -0.15) is 0 Å². The van der Waals surface area contributed by atoms with E-state index < -0.39 is 0 Å². The minimum Gasteiger partial charge on any atom is -0.383 e. The molecule has 2 heterocycles. The van der Waals surface area contributed by atoms with Gasteiger partial charge in [-0.15, -0.1) is 0 Å². The van der Waals surface area contributed by atoms with Crippen molar-refractivity contribution in [2.75, 3.05) is 59.5 Å². The van der Waals surface area contributed by atoms with Crippen LogP contribution in [0.3, 0.4) is 0 Å². The molecule has 1 saturated carbocycles. The highest BCUT2D eigenvalue weighted by Crippen LogP contribution is 2.29. The summed E-state index contributed by atoms with van der Waals surface area (Å²) in [6.45, 7) is 8.21. The Morgan fingerprint density at radius 3 is 2.62 bits per heavy atom. The minimum absolute atomic E-state index is 0.0168. The van der Waals surface area contributed by atoms with Gasteiger partial charge in [0.1, 0.15) is 6.04 Å². The number of nitrogens with one attached hydrogen (secondary N) is 1. The molecule has 3 aliphatic rings. The van der Waals surface area contributed by atoms with Gasteiger partial charge in [-0.25, -0.2) is 0 Å². The summed E-state index contributed by atoms with van der Waals surface area (Å²) in [6, 6.07) is -0.0676. The summed E-state index contributed by atoms with van der Waals surface area (Å²) in [7, 11) is 1.75. The van der Waals surface area contributed by atoms with Gasteiger partial charge in [-0.1, -0.05) is 19.3 Å². The van der Waals surface area contributed by atoms with E-state index in [0.717, 1.165) is 58.0 Å². The summed E-state index contributed by atoms with van der Waals surface area (Å²) in [5.41, 5.74) is 0. The van der Waals surface area contributed by atoms with Crippen molar-refractivity contribution >= 4 is 11.8 Å². The molecule has 0 spiro atoms. The molecule has 0 bridgehead atoms. The Morgan fingerprint density at radius 1 is 1.10 bits per heavy atom. The zero-order valence-corrected chi connectivity index (χ0v) is 18.4. The largest absolute Gasteiger partial charge is 0.383 e. The number of methoxy groups -OCH3 is 1. The summed E-state index contributed by atoms with van der Waals surface area (Å²) in [6.07, 6.45) is 8.35. The van der Waals surface area contributed by atoms with Crippen LogP contribution in [-0.2, 0) is 14.3 Å². The van der Waals surface area contributed by atoms with Gasteiger partial charge in [0, 0.05) is 59.3 Å². The molecule has 2 aliphatic heterocycles. The zero-order valence-electron chi connectivity index (χ0n) is 18.4. The lowest BCUT2D eigenvalue weighted by molar-refractivity contribution is -0.142. The second-order valence-corrected chi connectivity index (χ2v) is 9.00. The van der Waals surface area contributed by atoms with E-state index >= 15 is 0 Å². The standard InChI is InChI=1S/C22H40N4O3/c1-18(27)26-17-20(15-21(26)22(28)24-11-6-9-23-10-12-24)25(13-14-29-2)16-19-7-4-3-5-8-19/h19-21,23H,3-17H2,1-2H3. The van der Waals surface area contributed by atoms with E-state index in [1.165, 1.54) is 32.1 Å². The van der Waals surface area contributed by atoms with Crippen LogP contribution in [0, 0.1) is 5.92 Å². The molecule has 2 atom stereocenters. The molecule has 0 aromatic rings. The van der Waals surface area contributed by atoms with Crippen LogP contribution in [0.4, 0.5) is 0 Å². The van der Waals surface area contributed by atoms with E-state index in [0.29, 0.717) is 13.2 Å². The van der Waals surface area contributed by atoms with Crippen molar-refractivity contribution in [1.29, 1.82) is 0 Å². The van der Waals surface area contributed by atoms with E-state index in [2.05, 4.69) is 10.2 Å². The van der Waals surface area contributed by atoms with E-state index in [4.69, 9.17) is 4.74 Å². The van der Waals surface area contributed by atoms with Crippen molar-refractivity contribution in [3.8, 4) is 0 Å². The van der Waals surface area contributed by atoms with Crippen LogP contribution in [-0.4, -0.2) is 98.1 Å². The average molecular weight is 409 g/mol. The highest BCUT2D eigenvalue weighted by molar-refractivity contribution is 5.87. The number of amides is 2. The van der Waals surface area contributed by atoms with E-state index in [-0.39, 0.29) is 23.9 Å². The summed E-state index contributed by atoms with van der Waals surface area (Å²) in [5, 5.41) is 3.36. The van der Waals surface area contributed by atoms with Crippen molar-refractivity contribution in [3.63, 3.8) is 0 Å². The van der Waals surface area contributed by atoms with Crippen LogP contribution in [0.2, 0.25) is 0 Å². The quantitative estimate of drug-likeness (QED) is 0.688. The second-order valence-electron chi connectivity index (χ2n) is 9.00. The predicted molar refractivity (Wildman–Crippen MR) is 114 cm³/mol. The Balaban J connectivity index is 1.68. The predicted octanol–water partition coefficient (Wildman–Crippen LogP) is 1.33. The van der Waals surface area contributed by atoms with Crippen LogP contribution in [0.1, 0.15) is 51.9 Å². The Bertz CT molecular complexity index is 530. The third kappa shape index (κ3) is 6.15. The first kappa shape index (κ1) is 22.5. The van der Waals surface area contributed by atoms with E-state index in [1.54, 1.807) is 14.0 Å².